The number of amides is 1. The Balaban J connectivity index is 2.02. The summed E-state index contributed by atoms with van der Waals surface area (Å²) in [6, 6.07) is 7.44. The third-order valence-electron chi connectivity index (χ3n) is 3.61. The third kappa shape index (κ3) is 2.36. The van der Waals surface area contributed by atoms with Crippen LogP contribution in [-0.4, -0.2) is 11.8 Å². The molecule has 0 N–H and O–H groups in total. The van der Waals surface area contributed by atoms with Crippen LogP contribution >= 0.6 is 22.9 Å². The van der Waals surface area contributed by atoms with E-state index in [1.807, 2.05) is 30.5 Å². The lowest BCUT2D eigenvalue weighted by Crippen LogP contribution is -2.59. The summed E-state index contributed by atoms with van der Waals surface area (Å²) in [6.07, 6.45) is 2.22. The van der Waals surface area contributed by atoms with Crippen molar-refractivity contribution < 1.29 is 14.2 Å². The lowest BCUT2D eigenvalue weighted by atomic mass is 10.0. The molecule has 0 spiro atoms. The summed E-state index contributed by atoms with van der Waals surface area (Å²) in [7, 11) is 0. The Kier molecular flexibility index (Phi) is 3.78. The van der Waals surface area contributed by atoms with Crippen LogP contribution in [0, 0.1) is 5.92 Å². The van der Waals surface area contributed by atoms with Crippen molar-refractivity contribution >= 4 is 39.9 Å². The molecular weight excluding hydrogens is 308 g/mol. The van der Waals surface area contributed by atoms with Crippen LogP contribution in [0.4, 0.5) is 5.13 Å². The van der Waals surface area contributed by atoms with Gasteiger partial charge < -0.3 is 0 Å². The summed E-state index contributed by atoms with van der Waals surface area (Å²) >= 11 is 7.57. The predicted octanol–water partition coefficient (Wildman–Crippen LogP) is 2.90. The summed E-state index contributed by atoms with van der Waals surface area (Å²) in [5.74, 6) is -0.904. The molecule has 1 aliphatic rings. The maximum absolute atomic E-state index is 12.6. The molecule has 1 aromatic carbocycles. The number of carbonyl (C=O) groups is 2. The molecule has 0 aliphatic carbocycles. The molecule has 0 fully saturated rings. The monoisotopic (exact) mass is 321 g/mol. The molecule has 1 aromatic heterocycles. The molecule has 1 unspecified atom stereocenters. The first-order valence-corrected chi connectivity index (χ1v) is 7.97. The lowest BCUT2D eigenvalue weighted by Gasteiger charge is -2.23. The molecule has 3 rings (SSSR count). The van der Waals surface area contributed by atoms with E-state index in [-0.39, 0.29) is 11.8 Å². The van der Waals surface area contributed by atoms with Crippen LogP contribution in [0.25, 0.3) is 0 Å². The standard InChI is InChI=1S/C15H14ClN2O2S/c1-2-11-13(19)17-7-8-21-15(17)18(14(11)20)9-10-5-3-4-6-12(10)16/h3-8,11H,2,9H2,1H3/q+1. The maximum atomic E-state index is 12.6. The molecule has 0 saturated carbocycles. The number of fused-ring (bicyclic) bond motifs is 1. The Morgan fingerprint density at radius 2 is 2.10 bits per heavy atom. The van der Waals surface area contributed by atoms with E-state index < -0.39 is 5.92 Å². The quantitative estimate of drug-likeness (QED) is 0.644. The molecule has 6 heteroatoms. The molecule has 4 nitrogen and oxygen atoms in total. The summed E-state index contributed by atoms with van der Waals surface area (Å²) in [6.45, 7) is 2.23. The van der Waals surface area contributed by atoms with Crippen LogP contribution < -0.4 is 9.47 Å². The first-order valence-electron chi connectivity index (χ1n) is 6.71. The van der Waals surface area contributed by atoms with E-state index >= 15 is 0 Å². The molecule has 0 saturated heterocycles. The fourth-order valence-electron chi connectivity index (χ4n) is 2.48. The van der Waals surface area contributed by atoms with Crippen molar-refractivity contribution in [3.05, 3.63) is 46.4 Å². The second kappa shape index (κ2) is 5.58. The van der Waals surface area contributed by atoms with Crippen molar-refractivity contribution in [3.8, 4) is 0 Å². The highest BCUT2D eigenvalue weighted by Gasteiger charge is 2.46. The topological polar surface area (TPSA) is 41.3 Å². The highest BCUT2D eigenvalue weighted by Crippen LogP contribution is 2.28. The molecule has 0 radical (unpaired) electrons. The van der Waals surface area contributed by atoms with Gasteiger partial charge in [-0.2, -0.15) is 9.47 Å². The second-order valence-electron chi connectivity index (χ2n) is 4.87. The third-order valence-corrected chi connectivity index (χ3v) is 4.87. The van der Waals surface area contributed by atoms with Crippen LogP contribution in [0.1, 0.15) is 23.7 Å². The van der Waals surface area contributed by atoms with Gasteiger partial charge in [0.15, 0.2) is 5.92 Å². The normalized spacial score (nSPS) is 18.0. The largest absolute Gasteiger partial charge is 0.351 e. The molecule has 2 heterocycles. The van der Waals surface area contributed by atoms with Crippen LogP contribution in [0.5, 0.6) is 0 Å². The fraction of sp³-hybridized carbons (Fsp3) is 0.267. The smallest absolute Gasteiger partial charge is 0.246 e. The molecular formula is C15H14ClN2O2S+. The summed E-state index contributed by atoms with van der Waals surface area (Å²) in [5.41, 5.74) is 0.872. The Labute approximate surface area is 131 Å². The zero-order chi connectivity index (χ0) is 15.0. The van der Waals surface area contributed by atoms with Crippen LogP contribution in [-0.2, 0) is 11.3 Å². The van der Waals surface area contributed by atoms with Gasteiger partial charge in [-0.1, -0.05) is 48.1 Å². The van der Waals surface area contributed by atoms with E-state index in [2.05, 4.69) is 0 Å². The summed E-state index contributed by atoms with van der Waals surface area (Å²) < 4.78 is 1.57. The van der Waals surface area contributed by atoms with Gasteiger partial charge in [0.1, 0.15) is 12.7 Å². The Hall–Kier alpha value is -1.72. The minimum Gasteiger partial charge on any atom is -0.246 e. The predicted molar refractivity (Wildman–Crippen MR) is 81.6 cm³/mol. The number of halogens is 1. The van der Waals surface area contributed by atoms with Crippen molar-refractivity contribution in [2.75, 3.05) is 4.90 Å². The van der Waals surface area contributed by atoms with Gasteiger partial charge in [0.25, 0.3) is 0 Å². The van der Waals surface area contributed by atoms with Crippen molar-refractivity contribution in [1.29, 1.82) is 0 Å². The van der Waals surface area contributed by atoms with Gasteiger partial charge >= 0.3 is 16.9 Å². The molecule has 0 bridgehead atoms. The maximum Gasteiger partial charge on any atom is 0.351 e. The molecule has 1 aliphatic heterocycles. The summed E-state index contributed by atoms with van der Waals surface area (Å²) in [4.78, 5) is 26.5. The van der Waals surface area contributed by atoms with E-state index in [0.29, 0.717) is 23.1 Å². The van der Waals surface area contributed by atoms with E-state index in [1.54, 1.807) is 21.7 Å². The minimum atomic E-state index is -0.611. The van der Waals surface area contributed by atoms with E-state index in [0.717, 1.165) is 5.56 Å². The van der Waals surface area contributed by atoms with Crippen LogP contribution in [0.15, 0.2) is 35.8 Å². The van der Waals surface area contributed by atoms with E-state index in [9.17, 15) is 9.59 Å². The molecule has 1 amide bonds. The molecule has 21 heavy (non-hydrogen) atoms. The fourth-order valence-corrected chi connectivity index (χ4v) is 3.53. The van der Waals surface area contributed by atoms with E-state index in [1.165, 1.54) is 11.3 Å². The Morgan fingerprint density at radius 1 is 1.33 bits per heavy atom. The number of rotatable bonds is 3. The average molecular weight is 322 g/mol. The van der Waals surface area contributed by atoms with E-state index in [4.69, 9.17) is 11.6 Å². The first kappa shape index (κ1) is 14.2. The highest BCUT2D eigenvalue weighted by molar-refractivity contribution is 7.13. The Bertz CT molecular complexity index is 713. The number of benzene rings is 1. The molecule has 2 aromatic rings. The van der Waals surface area contributed by atoms with Gasteiger partial charge in [0.05, 0.1) is 0 Å². The first-order chi connectivity index (χ1) is 10.1. The second-order valence-corrected chi connectivity index (χ2v) is 6.15. The number of aromatic nitrogens is 1. The zero-order valence-corrected chi connectivity index (χ0v) is 13.0. The van der Waals surface area contributed by atoms with Crippen LogP contribution in [0.3, 0.4) is 0 Å². The molecule has 1 atom stereocenters. The SMILES string of the molecule is CCC1C(=O)N(Cc2ccccc2Cl)c2scc[n+]2C1=O. The Morgan fingerprint density at radius 3 is 2.81 bits per heavy atom. The van der Waals surface area contributed by atoms with Crippen molar-refractivity contribution in [3.63, 3.8) is 0 Å². The lowest BCUT2D eigenvalue weighted by molar-refractivity contribution is -0.560. The van der Waals surface area contributed by atoms with Gasteiger partial charge in [-0.05, 0) is 12.5 Å². The van der Waals surface area contributed by atoms with Gasteiger partial charge in [-0.3, -0.25) is 0 Å². The van der Waals surface area contributed by atoms with Gasteiger partial charge in [-0.25, -0.2) is 9.59 Å². The highest BCUT2D eigenvalue weighted by atomic mass is 35.5. The number of thiazole rings is 1. The number of hydrogen-bond acceptors (Lipinski definition) is 3. The summed E-state index contributed by atoms with van der Waals surface area (Å²) in [5, 5.41) is 3.09. The van der Waals surface area contributed by atoms with Gasteiger partial charge in [0.2, 0.25) is 0 Å². The number of nitrogens with zero attached hydrogens (tertiary/aromatic N) is 2. The number of carbonyl (C=O) groups excluding carboxylic acids is 2. The van der Waals surface area contributed by atoms with Gasteiger partial charge in [-0.15, -0.1) is 0 Å². The van der Waals surface area contributed by atoms with Crippen molar-refractivity contribution in [1.82, 2.24) is 0 Å². The minimum absolute atomic E-state index is 0.144. The average Bonchev–Trinajstić information content (AvgIpc) is 2.95. The van der Waals surface area contributed by atoms with Crippen molar-refractivity contribution in [2.24, 2.45) is 5.92 Å². The number of anilines is 1. The zero-order valence-electron chi connectivity index (χ0n) is 11.5. The van der Waals surface area contributed by atoms with Crippen molar-refractivity contribution in [2.45, 2.75) is 19.9 Å². The van der Waals surface area contributed by atoms with Crippen LogP contribution in [0.2, 0.25) is 5.02 Å². The number of hydrogen-bond donors (Lipinski definition) is 0. The van der Waals surface area contributed by atoms with Gasteiger partial charge in [0, 0.05) is 16.0 Å². The molecule has 108 valence electrons.